The topological polar surface area (TPSA) is 58.9 Å². The van der Waals surface area contributed by atoms with Crippen LogP contribution in [0.3, 0.4) is 0 Å². The molecule has 84 valence electrons. The summed E-state index contributed by atoms with van der Waals surface area (Å²) in [6.45, 7) is 2.15. The quantitative estimate of drug-likeness (QED) is 0.470. The molecule has 0 fully saturated rings. The Morgan fingerprint density at radius 3 is 3.00 bits per heavy atom. The summed E-state index contributed by atoms with van der Waals surface area (Å²) < 4.78 is 4.92. The van der Waals surface area contributed by atoms with E-state index in [-0.39, 0.29) is 5.97 Å². The Morgan fingerprint density at radius 2 is 2.31 bits per heavy atom. The van der Waals surface area contributed by atoms with Gasteiger partial charge in [-0.15, -0.1) is 0 Å². The number of ether oxygens (including phenoxy) is 1. The molecule has 0 amide bonds. The van der Waals surface area contributed by atoms with Crippen molar-refractivity contribution in [3.05, 3.63) is 34.9 Å². The minimum absolute atomic E-state index is 0.306. The summed E-state index contributed by atoms with van der Waals surface area (Å²) in [5.74, 6) is -0.306. The summed E-state index contributed by atoms with van der Waals surface area (Å²) in [6.07, 6.45) is 1.53. The van der Waals surface area contributed by atoms with Crippen molar-refractivity contribution in [3.8, 4) is 0 Å². The van der Waals surface area contributed by atoms with E-state index in [1.54, 1.807) is 13.0 Å². The average Bonchev–Trinajstić information content (AvgIpc) is 2.71. The SMILES string of the molecule is CCOC(=O)c1ccc2c(c1)CC/C2=N/O. The molecule has 0 saturated heterocycles. The summed E-state index contributed by atoms with van der Waals surface area (Å²) in [4.78, 5) is 11.5. The van der Waals surface area contributed by atoms with Crippen LogP contribution >= 0.6 is 0 Å². The summed E-state index contributed by atoms with van der Waals surface area (Å²) in [5.41, 5.74) is 3.21. The second kappa shape index (κ2) is 4.35. The number of rotatable bonds is 2. The van der Waals surface area contributed by atoms with Crippen LogP contribution < -0.4 is 0 Å². The van der Waals surface area contributed by atoms with Crippen LogP contribution in [-0.2, 0) is 11.2 Å². The Kier molecular flexibility index (Phi) is 2.90. The molecule has 2 rings (SSSR count). The maximum Gasteiger partial charge on any atom is 0.338 e. The highest BCUT2D eigenvalue weighted by Crippen LogP contribution is 2.23. The fourth-order valence-electron chi connectivity index (χ4n) is 1.92. The number of fused-ring (bicyclic) bond motifs is 1. The number of oxime groups is 1. The first-order valence-electron chi connectivity index (χ1n) is 5.27. The average molecular weight is 219 g/mol. The molecular weight excluding hydrogens is 206 g/mol. The number of nitrogens with zero attached hydrogens (tertiary/aromatic N) is 1. The lowest BCUT2D eigenvalue weighted by Crippen LogP contribution is -2.05. The van der Waals surface area contributed by atoms with Gasteiger partial charge in [0.05, 0.1) is 17.9 Å². The number of hydrogen-bond acceptors (Lipinski definition) is 4. The molecule has 1 aliphatic rings. The summed E-state index contributed by atoms with van der Waals surface area (Å²) in [6, 6.07) is 5.32. The van der Waals surface area contributed by atoms with Crippen LogP contribution in [0.4, 0.5) is 0 Å². The second-order valence-electron chi connectivity index (χ2n) is 3.64. The summed E-state index contributed by atoms with van der Waals surface area (Å²) >= 11 is 0. The van der Waals surface area contributed by atoms with Gasteiger partial charge < -0.3 is 9.94 Å². The molecule has 0 aromatic heterocycles. The number of benzene rings is 1. The zero-order valence-corrected chi connectivity index (χ0v) is 9.06. The van der Waals surface area contributed by atoms with E-state index in [4.69, 9.17) is 9.94 Å². The molecule has 0 atom stereocenters. The molecule has 0 aliphatic heterocycles. The number of carbonyl (C=O) groups is 1. The highest BCUT2D eigenvalue weighted by atomic mass is 16.5. The van der Waals surface area contributed by atoms with Gasteiger partial charge in [0.1, 0.15) is 0 Å². The van der Waals surface area contributed by atoms with Gasteiger partial charge in [0.15, 0.2) is 0 Å². The van der Waals surface area contributed by atoms with E-state index >= 15 is 0 Å². The lowest BCUT2D eigenvalue weighted by atomic mass is 10.1. The van der Waals surface area contributed by atoms with Gasteiger partial charge in [0.25, 0.3) is 0 Å². The van der Waals surface area contributed by atoms with Gasteiger partial charge in [-0.25, -0.2) is 4.79 Å². The molecule has 16 heavy (non-hydrogen) atoms. The van der Waals surface area contributed by atoms with Crippen molar-refractivity contribution in [1.29, 1.82) is 0 Å². The third-order valence-corrected chi connectivity index (χ3v) is 2.68. The highest BCUT2D eigenvalue weighted by molar-refractivity contribution is 6.05. The fraction of sp³-hybridized carbons (Fsp3) is 0.333. The summed E-state index contributed by atoms with van der Waals surface area (Å²) in [7, 11) is 0. The van der Waals surface area contributed by atoms with Crippen LogP contribution in [0.1, 0.15) is 34.8 Å². The minimum atomic E-state index is -0.306. The van der Waals surface area contributed by atoms with Crippen molar-refractivity contribution < 1.29 is 14.7 Å². The van der Waals surface area contributed by atoms with Crippen molar-refractivity contribution in [3.63, 3.8) is 0 Å². The zero-order valence-electron chi connectivity index (χ0n) is 9.06. The van der Waals surface area contributed by atoms with Gasteiger partial charge in [0, 0.05) is 5.56 Å². The van der Waals surface area contributed by atoms with E-state index in [0.29, 0.717) is 17.9 Å². The predicted octanol–water partition coefficient (Wildman–Crippen LogP) is 1.99. The maximum absolute atomic E-state index is 11.5. The maximum atomic E-state index is 11.5. The van der Waals surface area contributed by atoms with Gasteiger partial charge in [-0.05, 0) is 37.5 Å². The van der Waals surface area contributed by atoms with Crippen LogP contribution in [0.2, 0.25) is 0 Å². The Balaban J connectivity index is 2.31. The predicted molar refractivity (Wildman–Crippen MR) is 59.0 cm³/mol. The van der Waals surface area contributed by atoms with Crippen molar-refractivity contribution >= 4 is 11.7 Å². The molecule has 0 heterocycles. The molecule has 0 saturated carbocycles. The molecule has 4 heteroatoms. The minimum Gasteiger partial charge on any atom is -0.462 e. The van der Waals surface area contributed by atoms with Crippen LogP contribution in [0.5, 0.6) is 0 Å². The first-order chi connectivity index (χ1) is 7.76. The molecular formula is C12H13NO3. The number of hydrogen-bond donors (Lipinski definition) is 1. The molecule has 0 spiro atoms. The van der Waals surface area contributed by atoms with Crippen molar-refractivity contribution in [2.24, 2.45) is 5.16 Å². The lowest BCUT2D eigenvalue weighted by Gasteiger charge is -2.04. The lowest BCUT2D eigenvalue weighted by molar-refractivity contribution is 0.0526. The molecule has 0 bridgehead atoms. The van der Waals surface area contributed by atoms with Crippen LogP contribution in [0.15, 0.2) is 23.4 Å². The first kappa shape index (κ1) is 10.7. The van der Waals surface area contributed by atoms with Crippen LogP contribution in [0, 0.1) is 0 Å². The van der Waals surface area contributed by atoms with E-state index < -0.39 is 0 Å². The molecule has 0 radical (unpaired) electrons. The fourth-order valence-corrected chi connectivity index (χ4v) is 1.92. The van der Waals surface area contributed by atoms with Crippen LogP contribution in [-0.4, -0.2) is 23.5 Å². The molecule has 1 aromatic rings. The van der Waals surface area contributed by atoms with E-state index in [9.17, 15) is 4.79 Å². The number of esters is 1. The van der Waals surface area contributed by atoms with Crippen molar-refractivity contribution in [2.75, 3.05) is 6.61 Å². The Labute approximate surface area is 93.5 Å². The van der Waals surface area contributed by atoms with E-state index in [2.05, 4.69) is 5.16 Å². The third-order valence-electron chi connectivity index (χ3n) is 2.68. The highest BCUT2D eigenvalue weighted by Gasteiger charge is 2.19. The van der Waals surface area contributed by atoms with E-state index in [1.165, 1.54) is 0 Å². The third kappa shape index (κ3) is 1.78. The zero-order chi connectivity index (χ0) is 11.5. The van der Waals surface area contributed by atoms with E-state index in [1.807, 2.05) is 12.1 Å². The Hall–Kier alpha value is -1.84. The number of aryl methyl sites for hydroxylation is 1. The van der Waals surface area contributed by atoms with Crippen LogP contribution in [0.25, 0.3) is 0 Å². The normalized spacial score (nSPS) is 16.2. The molecule has 0 unspecified atom stereocenters. The van der Waals surface area contributed by atoms with Crippen molar-refractivity contribution in [2.45, 2.75) is 19.8 Å². The Morgan fingerprint density at radius 1 is 1.50 bits per heavy atom. The largest absolute Gasteiger partial charge is 0.462 e. The van der Waals surface area contributed by atoms with Gasteiger partial charge >= 0.3 is 5.97 Å². The summed E-state index contributed by atoms with van der Waals surface area (Å²) in [5, 5.41) is 12.0. The van der Waals surface area contributed by atoms with Gasteiger partial charge in [-0.2, -0.15) is 0 Å². The smallest absolute Gasteiger partial charge is 0.338 e. The van der Waals surface area contributed by atoms with Gasteiger partial charge in [0.2, 0.25) is 0 Å². The van der Waals surface area contributed by atoms with Gasteiger partial charge in [-0.1, -0.05) is 11.2 Å². The first-order valence-corrected chi connectivity index (χ1v) is 5.27. The monoisotopic (exact) mass is 219 g/mol. The molecule has 1 N–H and O–H groups in total. The second-order valence-corrected chi connectivity index (χ2v) is 3.64. The molecule has 1 aromatic carbocycles. The Bertz CT molecular complexity index is 452. The molecule has 4 nitrogen and oxygen atoms in total. The number of carbonyl (C=O) groups excluding carboxylic acids is 1. The molecule has 1 aliphatic carbocycles. The van der Waals surface area contributed by atoms with Crippen molar-refractivity contribution in [1.82, 2.24) is 0 Å². The standard InChI is InChI=1S/C12H13NO3/c1-2-16-12(14)9-3-5-10-8(7-9)4-6-11(10)13-15/h3,5,7,15H,2,4,6H2,1H3/b13-11-. The van der Waals surface area contributed by atoms with Gasteiger partial charge in [-0.3, -0.25) is 0 Å². The van der Waals surface area contributed by atoms with E-state index in [0.717, 1.165) is 24.0 Å².